The molecule has 5 nitrogen and oxygen atoms in total. The fraction of sp³-hybridized carbons (Fsp3) is 0.667. The first-order valence-corrected chi connectivity index (χ1v) is 5.59. The van der Waals surface area contributed by atoms with Crippen LogP contribution in [0.5, 0.6) is 0 Å². The summed E-state index contributed by atoms with van der Waals surface area (Å²) < 4.78 is 0. The highest BCUT2D eigenvalue weighted by atomic mass is 16.4. The molecule has 0 aromatic heterocycles. The average molecular weight is 238 g/mol. The van der Waals surface area contributed by atoms with Gasteiger partial charge in [-0.3, -0.25) is 4.79 Å². The monoisotopic (exact) mass is 238 g/mol. The van der Waals surface area contributed by atoms with E-state index in [0.29, 0.717) is 5.92 Å². The molecule has 0 bridgehead atoms. The summed E-state index contributed by atoms with van der Waals surface area (Å²) in [5, 5.41) is 11.5. The lowest BCUT2D eigenvalue weighted by Gasteiger charge is -2.29. The number of terminal acetylenes is 1. The number of carbonyl (C=O) groups is 2. The summed E-state index contributed by atoms with van der Waals surface area (Å²) in [5.41, 5.74) is -0.303. The molecule has 1 aliphatic rings. The Morgan fingerprint density at radius 3 is 2.53 bits per heavy atom. The molecule has 1 fully saturated rings. The van der Waals surface area contributed by atoms with E-state index in [1.165, 1.54) is 0 Å². The van der Waals surface area contributed by atoms with Crippen molar-refractivity contribution in [3.63, 3.8) is 0 Å². The molecule has 0 aliphatic heterocycles. The van der Waals surface area contributed by atoms with E-state index in [1.807, 2.05) is 13.8 Å². The van der Waals surface area contributed by atoms with Gasteiger partial charge in [0.2, 0.25) is 0 Å². The minimum atomic E-state index is -1.07. The third-order valence-electron chi connectivity index (χ3n) is 2.92. The second-order valence-corrected chi connectivity index (χ2v) is 4.88. The molecule has 1 aliphatic carbocycles. The van der Waals surface area contributed by atoms with Gasteiger partial charge in [-0.05, 0) is 32.6 Å². The molecule has 17 heavy (non-hydrogen) atoms. The van der Waals surface area contributed by atoms with Crippen molar-refractivity contribution in [3.8, 4) is 12.3 Å². The molecule has 0 aromatic carbocycles. The summed E-state index contributed by atoms with van der Waals surface area (Å²) in [6, 6.07) is -0.415. The molecule has 0 saturated heterocycles. The van der Waals surface area contributed by atoms with Crippen molar-refractivity contribution in [2.75, 3.05) is 13.1 Å². The van der Waals surface area contributed by atoms with Crippen molar-refractivity contribution in [2.24, 2.45) is 5.92 Å². The average Bonchev–Trinajstić information content (AvgIpc) is 2.98. The molecule has 2 N–H and O–H groups in total. The lowest BCUT2D eigenvalue weighted by molar-refractivity contribution is -0.137. The van der Waals surface area contributed by atoms with E-state index >= 15 is 0 Å². The van der Waals surface area contributed by atoms with Crippen molar-refractivity contribution < 1.29 is 14.7 Å². The van der Waals surface area contributed by atoms with E-state index in [-0.39, 0.29) is 18.6 Å². The van der Waals surface area contributed by atoms with Gasteiger partial charge in [0.25, 0.3) is 0 Å². The van der Waals surface area contributed by atoms with Gasteiger partial charge in [-0.1, -0.05) is 5.92 Å². The number of hydrogen-bond donors (Lipinski definition) is 2. The zero-order valence-electron chi connectivity index (χ0n) is 10.2. The number of carboxylic acid groups (broad SMARTS) is 1. The number of urea groups is 1. The first-order valence-electron chi connectivity index (χ1n) is 5.59. The largest absolute Gasteiger partial charge is 0.480 e. The Labute approximate surface area is 101 Å². The molecule has 0 heterocycles. The van der Waals surface area contributed by atoms with Gasteiger partial charge in [-0.25, -0.2) is 4.79 Å². The summed E-state index contributed by atoms with van der Waals surface area (Å²) >= 11 is 0. The molecule has 0 unspecified atom stereocenters. The predicted molar refractivity (Wildman–Crippen MR) is 63.4 cm³/mol. The van der Waals surface area contributed by atoms with Crippen molar-refractivity contribution in [1.82, 2.24) is 10.2 Å². The highest BCUT2D eigenvalue weighted by Crippen LogP contribution is 2.39. The van der Waals surface area contributed by atoms with Crippen LogP contribution in [0.2, 0.25) is 0 Å². The lowest BCUT2D eigenvalue weighted by Crippen LogP contribution is -2.52. The van der Waals surface area contributed by atoms with Gasteiger partial charge in [0.15, 0.2) is 0 Å². The normalized spacial score (nSPS) is 14.9. The minimum Gasteiger partial charge on any atom is -0.480 e. The summed E-state index contributed by atoms with van der Waals surface area (Å²) in [5.74, 6) is 1.69. The molecule has 1 saturated carbocycles. The number of aliphatic carboxylic acids is 1. The van der Waals surface area contributed by atoms with Crippen LogP contribution in [-0.4, -0.2) is 40.6 Å². The van der Waals surface area contributed by atoms with Gasteiger partial charge in [-0.15, -0.1) is 6.42 Å². The van der Waals surface area contributed by atoms with Crippen LogP contribution >= 0.6 is 0 Å². The predicted octanol–water partition coefficient (Wildman–Crippen LogP) is 0.904. The highest BCUT2D eigenvalue weighted by molar-refractivity contribution is 5.80. The third-order valence-corrected chi connectivity index (χ3v) is 2.92. The van der Waals surface area contributed by atoms with Gasteiger partial charge in [0, 0.05) is 5.54 Å². The van der Waals surface area contributed by atoms with Crippen LogP contribution in [0, 0.1) is 18.3 Å². The number of rotatable bonds is 5. The standard InChI is InChI=1S/C12H18N2O3/c1-4-7-14(8-10(15)16)11(17)13-12(2,3)9-5-6-9/h1,9H,5-8H2,2-3H3,(H,13,17)(H,15,16). The molecule has 2 amide bonds. The van der Waals surface area contributed by atoms with Gasteiger partial charge >= 0.3 is 12.0 Å². The quantitative estimate of drug-likeness (QED) is 0.699. The molecule has 94 valence electrons. The highest BCUT2D eigenvalue weighted by Gasteiger charge is 2.39. The Kier molecular flexibility index (Phi) is 4.00. The van der Waals surface area contributed by atoms with E-state index in [4.69, 9.17) is 11.5 Å². The summed E-state index contributed by atoms with van der Waals surface area (Å²) in [6.45, 7) is 3.50. The molecular weight excluding hydrogens is 220 g/mol. The van der Waals surface area contributed by atoms with Crippen LogP contribution < -0.4 is 5.32 Å². The Morgan fingerprint density at radius 1 is 1.53 bits per heavy atom. The van der Waals surface area contributed by atoms with Gasteiger partial charge < -0.3 is 15.3 Å². The zero-order chi connectivity index (χ0) is 13.1. The number of carbonyl (C=O) groups excluding carboxylic acids is 1. The van der Waals surface area contributed by atoms with Crippen LogP contribution in [-0.2, 0) is 4.79 Å². The number of carboxylic acids is 1. The number of hydrogen-bond acceptors (Lipinski definition) is 2. The van der Waals surface area contributed by atoms with Crippen molar-refractivity contribution in [3.05, 3.63) is 0 Å². The molecular formula is C12H18N2O3. The van der Waals surface area contributed by atoms with E-state index in [0.717, 1.165) is 17.7 Å². The molecule has 0 aromatic rings. The van der Waals surface area contributed by atoms with Crippen LogP contribution in [0.1, 0.15) is 26.7 Å². The van der Waals surface area contributed by atoms with E-state index in [1.54, 1.807) is 0 Å². The van der Waals surface area contributed by atoms with Crippen molar-refractivity contribution in [1.29, 1.82) is 0 Å². The maximum Gasteiger partial charge on any atom is 0.323 e. The fourth-order valence-corrected chi connectivity index (χ4v) is 1.73. The Balaban J connectivity index is 2.58. The van der Waals surface area contributed by atoms with Crippen molar-refractivity contribution in [2.45, 2.75) is 32.2 Å². The molecule has 0 atom stereocenters. The van der Waals surface area contributed by atoms with E-state index in [2.05, 4.69) is 11.2 Å². The zero-order valence-corrected chi connectivity index (χ0v) is 10.2. The van der Waals surface area contributed by atoms with Crippen LogP contribution in [0.3, 0.4) is 0 Å². The topological polar surface area (TPSA) is 69.6 Å². The lowest BCUT2D eigenvalue weighted by atomic mass is 9.99. The van der Waals surface area contributed by atoms with Crippen LogP contribution in [0.25, 0.3) is 0 Å². The number of nitrogens with zero attached hydrogens (tertiary/aromatic N) is 1. The summed E-state index contributed by atoms with van der Waals surface area (Å²) in [7, 11) is 0. The molecule has 0 spiro atoms. The van der Waals surface area contributed by atoms with E-state index in [9.17, 15) is 9.59 Å². The summed E-state index contributed by atoms with van der Waals surface area (Å²) in [6.07, 6.45) is 7.31. The molecule has 1 rings (SSSR count). The third kappa shape index (κ3) is 3.99. The van der Waals surface area contributed by atoms with E-state index < -0.39 is 12.0 Å². The number of amides is 2. The Hall–Kier alpha value is -1.70. The first kappa shape index (κ1) is 13.4. The van der Waals surface area contributed by atoms with Gasteiger partial charge in [0.05, 0.1) is 6.54 Å². The second-order valence-electron chi connectivity index (χ2n) is 4.88. The second kappa shape index (κ2) is 5.09. The Bertz CT molecular complexity index is 353. The maximum atomic E-state index is 11.9. The smallest absolute Gasteiger partial charge is 0.323 e. The SMILES string of the molecule is C#CCN(CC(=O)O)C(=O)NC(C)(C)C1CC1. The molecule has 0 radical (unpaired) electrons. The van der Waals surface area contributed by atoms with Gasteiger partial charge in [0.1, 0.15) is 6.54 Å². The maximum absolute atomic E-state index is 11.9. The first-order chi connectivity index (χ1) is 7.86. The summed E-state index contributed by atoms with van der Waals surface area (Å²) in [4.78, 5) is 23.6. The van der Waals surface area contributed by atoms with Crippen molar-refractivity contribution >= 4 is 12.0 Å². The molecule has 5 heteroatoms. The van der Waals surface area contributed by atoms with Gasteiger partial charge in [-0.2, -0.15) is 0 Å². The van der Waals surface area contributed by atoms with Crippen LogP contribution in [0.15, 0.2) is 0 Å². The Morgan fingerprint density at radius 2 is 2.12 bits per heavy atom. The fourth-order valence-electron chi connectivity index (χ4n) is 1.73. The van der Waals surface area contributed by atoms with Crippen LogP contribution in [0.4, 0.5) is 4.79 Å². The number of nitrogens with one attached hydrogen (secondary N) is 1. The minimum absolute atomic E-state index is 0.00111.